The van der Waals surface area contributed by atoms with Crippen molar-refractivity contribution in [3.63, 3.8) is 0 Å². The van der Waals surface area contributed by atoms with Crippen molar-refractivity contribution < 1.29 is 9.50 Å². The number of nitrogen functional groups attached to an aromatic ring is 1. The van der Waals surface area contributed by atoms with Crippen LogP contribution in [0.4, 0.5) is 10.2 Å². The number of aromatic nitrogens is 1. The van der Waals surface area contributed by atoms with E-state index in [0.29, 0.717) is 34.6 Å². The van der Waals surface area contributed by atoms with Crippen LogP contribution in [0.25, 0.3) is 0 Å². The molecule has 0 spiro atoms. The van der Waals surface area contributed by atoms with Gasteiger partial charge in [0.05, 0.1) is 5.02 Å². The van der Waals surface area contributed by atoms with Crippen LogP contribution in [0.1, 0.15) is 23.1 Å². The van der Waals surface area contributed by atoms with Gasteiger partial charge < -0.3 is 10.8 Å². The molecule has 0 amide bonds. The van der Waals surface area contributed by atoms with Gasteiger partial charge in [0.15, 0.2) is 0 Å². The van der Waals surface area contributed by atoms with Crippen molar-refractivity contribution >= 4 is 17.4 Å². The molecule has 1 heterocycles. The Bertz CT molecular complexity index is 662. The number of nitrogens with zero attached hydrogens (tertiary/aromatic N) is 1. The number of fused-ring (bicyclic) bond motifs is 1. The van der Waals surface area contributed by atoms with Crippen LogP contribution in [-0.2, 0) is 12.0 Å². The Hall–Kier alpha value is -1.65. The van der Waals surface area contributed by atoms with Gasteiger partial charge in [-0.3, -0.25) is 0 Å². The fourth-order valence-electron chi connectivity index (χ4n) is 2.70. The number of anilines is 1. The molecule has 1 aromatic heterocycles. The highest BCUT2D eigenvalue weighted by molar-refractivity contribution is 6.30. The second kappa shape index (κ2) is 4.18. The zero-order valence-electron chi connectivity index (χ0n) is 10.0. The predicted octanol–water partition coefficient (Wildman–Crippen LogP) is 2.64. The summed E-state index contributed by atoms with van der Waals surface area (Å²) in [6.07, 6.45) is 2.26. The Labute approximate surface area is 114 Å². The molecule has 1 atom stereocenters. The SMILES string of the molecule is Nc1ncc(Cl)cc1C1(O)CCc2c(F)cccc21. The third-order valence-electron chi connectivity index (χ3n) is 3.63. The zero-order chi connectivity index (χ0) is 13.6. The van der Waals surface area contributed by atoms with E-state index in [2.05, 4.69) is 4.98 Å². The van der Waals surface area contributed by atoms with Gasteiger partial charge in [0.2, 0.25) is 0 Å². The molecule has 3 N–H and O–H groups in total. The van der Waals surface area contributed by atoms with Crippen LogP contribution in [0, 0.1) is 5.82 Å². The number of pyridine rings is 1. The lowest BCUT2D eigenvalue weighted by molar-refractivity contribution is 0.0834. The first-order valence-electron chi connectivity index (χ1n) is 5.94. The van der Waals surface area contributed by atoms with Gasteiger partial charge in [-0.1, -0.05) is 23.7 Å². The first-order valence-corrected chi connectivity index (χ1v) is 6.32. The van der Waals surface area contributed by atoms with Crippen LogP contribution in [0.15, 0.2) is 30.5 Å². The maximum atomic E-state index is 13.7. The van der Waals surface area contributed by atoms with Crippen molar-refractivity contribution in [2.45, 2.75) is 18.4 Å². The number of benzene rings is 1. The molecular weight excluding hydrogens is 267 g/mol. The molecule has 0 saturated carbocycles. The Balaban J connectivity index is 2.22. The molecule has 0 aliphatic heterocycles. The Morgan fingerprint density at radius 3 is 2.95 bits per heavy atom. The molecule has 1 unspecified atom stereocenters. The predicted molar refractivity (Wildman–Crippen MR) is 71.4 cm³/mol. The summed E-state index contributed by atoms with van der Waals surface area (Å²) in [5.74, 6) is -0.0917. The average molecular weight is 279 g/mol. The first-order chi connectivity index (χ1) is 9.02. The number of halogens is 2. The molecule has 2 aromatic rings. The zero-order valence-corrected chi connectivity index (χ0v) is 10.8. The lowest BCUT2D eigenvalue weighted by Gasteiger charge is -2.25. The van der Waals surface area contributed by atoms with Gasteiger partial charge in [-0.15, -0.1) is 0 Å². The first kappa shape index (κ1) is 12.4. The maximum Gasteiger partial charge on any atom is 0.129 e. The van der Waals surface area contributed by atoms with Crippen LogP contribution >= 0.6 is 11.6 Å². The number of rotatable bonds is 1. The van der Waals surface area contributed by atoms with Crippen LogP contribution in [0.2, 0.25) is 5.02 Å². The van der Waals surface area contributed by atoms with Gasteiger partial charge in [0, 0.05) is 11.8 Å². The van der Waals surface area contributed by atoms with Gasteiger partial charge in [0.1, 0.15) is 17.2 Å². The third-order valence-corrected chi connectivity index (χ3v) is 3.84. The summed E-state index contributed by atoms with van der Waals surface area (Å²) < 4.78 is 13.7. The van der Waals surface area contributed by atoms with E-state index in [1.54, 1.807) is 18.2 Å². The summed E-state index contributed by atoms with van der Waals surface area (Å²) in [6.45, 7) is 0. The second-order valence-corrected chi connectivity index (χ2v) is 5.15. The molecule has 0 bridgehead atoms. The molecule has 5 heteroatoms. The highest BCUT2D eigenvalue weighted by atomic mass is 35.5. The monoisotopic (exact) mass is 278 g/mol. The molecule has 1 aliphatic carbocycles. The molecule has 3 nitrogen and oxygen atoms in total. The smallest absolute Gasteiger partial charge is 0.129 e. The topological polar surface area (TPSA) is 59.1 Å². The highest BCUT2D eigenvalue weighted by Gasteiger charge is 2.41. The number of hydrogen-bond acceptors (Lipinski definition) is 3. The van der Waals surface area contributed by atoms with E-state index >= 15 is 0 Å². The van der Waals surface area contributed by atoms with Crippen molar-refractivity contribution in [2.24, 2.45) is 0 Å². The number of hydrogen-bond donors (Lipinski definition) is 2. The molecule has 1 aromatic carbocycles. The normalized spacial score (nSPS) is 21.4. The fraction of sp³-hybridized carbons (Fsp3) is 0.214. The summed E-state index contributed by atoms with van der Waals surface area (Å²) in [5.41, 5.74) is 6.02. The van der Waals surface area contributed by atoms with E-state index in [1.807, 2.05) is 0 Å². The average Bonchev–Trinajstić information content (AvgIpc) is 2.73. The Morgan fingerprint density at radius 1 is 1.37 bits per heavy atom. The maximum absolute atomic E-state index is 13.7. The van der Waals surface area contributed by atoms with Gasteiger partial charge in [-0.2, -0.15) is 0 Å². The van der Waals surface area contributed by atoms with Crippen LogP contribution in [0.5, 0.6) is 0 Å². The fourth-order valence-corrected chi connectivity index (χ4v) is 2.86. The minimum atomic E-state index is -1.32. The van der Waals surface area contributed by atoms with Crippen LogP contribution in [0.3, 0.4) is 0 Å². The summed E-state index contributed by atoms with van der Waals surface area (Å²) in [6, 6.07) is 6.28. The molecule has 3 rings (SSSR count). The summed E-state index contributed by atoms with van der Waals surface area (Å²) >= 11 is 5.91. The third kappa shape index (κ3) is 1.79. The largest absolute Gasteiger partial charge is 0.383 e. The van der Waals surface area contributed by atoms with E-state index in [1.165, 1.54) is 12.3 Å². The van der Waals surface area contributed by atoms with Crippen molar-refractivity contribution in [2.75, 3.05) is 5.73 Å². The Morgan fingerprint density at radius 2 is 2.16 bits per heavy atom. The van der Waals surface area contributed by atoms with Gasteiger partial charge in [-0.05, 0) is 36.1 Å². The summed E-state index contributed by atoms with van der Waals surface area (Å²) in [4.78, 5) is 3.96. The Kier molecular flexibility index (Phi) is 2.73. The lowest BCUT2D eigenvalue weighted by atomic mass is 9.88. The minimum Gasteiger partial charge on any atom is -0.383 e. The molecule has 0 saturated heterocycles. The van der Waals surface area contributed by atoms with Gasteiger partial charge >= 0.3 is 0 Å². The summed E-state index contributed by atoms with van der Waals surface area (Å²) in [5, 5.41) is 11.3. The van der Waals surface area contributed by atoms with Crippen LogP contribution < -0.4 is 5.73 Å². The lowest BCUT2D eigenvalue weighted by Crippen LogP contribution is -2.25. The van der Waals surface area contributed by atoms with E-state index in [4.69, 9.17) is 17.3 Å². The van der Waals surface area contributed by atoms with Crippen molar-refractivity contribution in [3.05, 3.63) is 58.0 Å². The summed E-state index contributed by atoms with van der Waals surface area (Å²) in [7, 11) is 0. The molecule has 0 fully saturated rings. The van der Waals surface area contributed by atoms with E-state index < -0.39 is 5.60 Å². The number of aliphatic hydroxyl groups is 1. The molecule has 98 valence electrons. The molecule has 19 heavy (non-hydrogen) atoms. The molecule has 0 radical (unpaired) electrons. The minimum absolute atomic E-state index is 0.212. The van der Waals surface area contributed by atoms with E-state index in [0.717, 1.165) is 0 Å². The van der Waals surface area contributed by atoms with Gasteiger partial charge in [-0.25, -0.2) is 9.37 Å². The highest BCUT2D eigenvalue weighted by Crippen LogP contribution is 2.44. The van der Waals surface area contributed by atoms with E-state index in [9.17, 15) is 9.50 Å². The van der Waals surface area contributed by atoms with E-state index in [-0.39, 0.29) is 11.6 Å². The molecule has 1 aliphatic rings. The van der Waals surface area contributed by atoms with Crippen molar-refractivity contribution in [1.82, 2.24) is 4.98 Å². The standard InChI is InChI=1S/C14H12ClFN2O/c15-8-6-11(13(17)18-7-8)14(19)5-4-9-10(14)2-1-3-12(9)16/h1-3,6-7,19H,4-5H2,(H2,17,18). The molecular formula is C14H12ClFN2O. The van der Waals surface area contributed by atoms with Crippen molar-refractivity contribution in [3.8, 4) is 0 Å². The quantitative estimate of drug-likeness (QED) is 0.843. The van der Waals surface area contributed by atoms with Gasteiger partial charge in [0.25, 0.3) is 0 Å². The number of nitrogens with two attached hydrogens (primary N) is 1. The van der Waals surface area contributed by atoms with Crippen molar-refractivity contribution in [1.29, 1.82) is 0 Å². The van der Waals surface area contributed by atoms with Crippen LogP contribution in [-0.4, -0.2) is 10.1 Å². The second-order valence-electron chi connectivity index (χ2n) is 4.71.